The van der Waals surface area contributed by atoms with Crippen LogP contribution >= 0.6 is 0 Å². The minimum atomic E-state index is -0.0250. The van der Waals surface area contributed by atoms with Gasteiger partial charge in [-0.15, -0.1) is 0 Å². The van der Waals surface area contributed by atoms with E-state index in [1.165, 1.54) is 83.0 Å². The number of rotatable bonds is 15. The van der Waals surface area contributed by atoms with Crippen LogP contribution in [0.4, 0.5) is 51.2 Å². The largest absolute Gasteiger partial charge is 0.311 e. The third-order valence-electron chi connectivity index (χ3n) is 18.1. The number of nitrogens with zero attached hydrogens (tertiary/aromatic N) is 3. The summed E-state index contributed by atoms with van der Waals surface area (Å²) in [5.74, 6) is 1.03. The molecule has 0 unspecified atom stereocenters. The molecule has 0 saturated heterocycles. The number of fused-ring (bicyclic) bond motifs is 3. The summed E-state index contributed by atoms with van der Waals surface area (Å²) in [6.07, 6.45) is 0. The fourth-order valence-corrected chi connectivity index (χ4v) is 13.5. The monoisotopic (exact) mass is 1150 g/mol. The molecular weight excluding hydrogens is 1070 g/mol. The van der Waals surface area contributed by atoms with Gasteiger partial charge in [-0.2, -0.15) is 0 Å². The van der Waals surface area contributed by atoms with Crippen LogP contribution in [-0.4, -0.2) is 6.71 Å². The zero-order valence-electron chi connectivity index (χ0n) is 51.6. The molecule has 89 heavy (non-hydrogen) atoms. The van der Waals surface area contributed by atoms with Crippen LogP contribution in [0, 0.1) is 0 Å². The van der Waals surface area contributed by atoms with Crippen LogP contribution < -0.4 is 31.1 Å². The predicted molar refractivity (Wildman–Crippen MR) is 383 cm³/mol. The Morgan fingerprint density at radius 2 is 0.652 bits per heavy atom. The van der Waals surface area contributed by atoms with Crippen molar-refractivity contribution in [2.24, 2.45) is 0 Å². The van der Waals surface area contributed by atoms with Gasteiger partial charge in [-0.1, -0.05) is 259 Å². The van der Waals surface area contributed by atoms with E-state index in [9.17, 15) is 0 Å². The van der Waals surface area contributed by atoms with E-state index in [1.807, 2.05) is 0 Å². The first-order valence-electron chi connectivity index (χ1n) is 31.6. The van der Waals surface area contributed by atoms with Crippen molar-refractivity contribution in [2.75, 3.05) is 14.7 Å². The van der Waals surface area contributed by atoms with Crippen molar-refractivity contribution >= 4 is 85.1 Å². The fraction of sp³-hybridized carbons (Fsp3) is 0.106. The lowest BCUT2D eigenvalue weighted by atomic mass is 9.33. The quantitative estimate of drug-likeness (QED) is 0.0947. The SMILES string of the molecule is CC(C)c1cc(C(C)C)c(B2c3ccc(-c4ccc(N(c5ccccc5)c5ccccc5)cc4)cc3N(c3ccccc3)c3cc(-c4ccc(N(c5ccc(-c6ccccc6)cc5)c5ccc(-c6cccc7ccccc67)cc5)cc4)ccc32)c(C(C)C)c1. The second kappa shape index (κ2) is 24.4. The summed E-state index contributed by atoms with van der Waals surface area (Å²) in [7, 11) is 0. The molecule has 0 fully saturated rings. The summed E-state index contributed by atoms with van der Waals surface area (Å²) in [6, 6.07) is 114. The van der Waals surface area contributed by atoms with Crippen LogP contribution in [-0.2, 0) is 0 Å². The van der Waals surface area contributed by atoms with Crippen LogP contribution in [0.5, 0.6) is 0 Å². The summed E-state index contributed by atoms with van der Waals surface area (Å²) in [4.78, 5) is 7.25. The van der Waals surface area contributed by atoms with Crippen molar-refractivity contribution in [3.63, 3.8) is 0 Å². The molecule has 0 spiro atoms. The maximum absolute atomic E-state index is 2.54. The van der Waals surface area contributed by atoms with Crippen LogP contribution in [0.3, 0.4) is 0 Å². The van der Waals surface area contributed by atoms with Crippen molar-refractivity contribution in [3.05, 3.63) is 326 Å². The Kier molecular flexibility index (Phi) is 15.5. The molecule has 0 aromatic heterocycles. The molecule has 1 aliphatic heterocycles. The number of hydrogen-bond donors (Lipinski definition) is 0. The third kappa shape index (κ3) is 11.0. The Hall–Kier alpha value is -10.4. The van der Waals surface area contributed by atoms with E-state index in [1.54, 1.807) is 0 Å². The number of benzene rings is 13. The molecule has 3 nitrogen and oxygen atoms in total. The van der Waals surface area contributed by atoms with Crippen molar-refractivity contribution < 1.29 is 0 Å². The van der Waals surface area contributed by atoms with Crippen LogP contribution in [0.2, 0.25) is 0 Å². The van der Waals surface area contributed by atoms with Gasteiger partial charge in [0.1, 0.15) is 0 Å². The Balaban J connectivity index is 0.900. The zero-order valence-corrected chi connectivity index (χ0v) is 51.6. The molecule has 1 heterocycles. The highest BCUT2D eigenvalue weighted by Gasteiger charge is 2.39. The molecule has 0 radical (unpaired) electrons. The van der Waals surface area contributed by atoms with E-state index in [0.29, 0.717) is 17.8 Å². The molecule has 0 N–H and O–H groups in total. The average molecular weight is 1150 g/mol. The highest BCUT2D eigenvalue weighted by Crippen LogP contribution is 2.44. The third-order valence-corrected chi connectivity index (χ3v) is 18.1. The number of para-hydroxylation sites is 3. The van der Waals surface area contributed by atoms with E-state index in [-0.39, 0.29) is 6.71 Å². The molecule has 0 aliphatic carbocycles. The van der Waals surface area contributed by atoms with Gasteiger partial charge in [0.2, 0.25) is 6.71 Å². The molecule has 4 heteroatoms. The first-order chi connectivity index (χ1) is 43.6. The zero-order chi connectivity index (χ0) is 60.5. The molecule has 0 amide bonds. The van der Waals surface area contributed by atoms with Gasteiger partial charge in [0.25, 0.3) is 0 Å². The van der Waals surface area contributed by atoms with Gasteiger partial charge in [0.15, 0.2) is 0 Å². The van der Waals surface area contributed by atoms with Crippen molar-refractivity contribution in [1.82, 2.24) is 0 Å². The Morgan fingerprint density at radius 1 is 0.292 bits per heavy atom. The van der Waals surface area contributed by atoms with Gasteiger partial charge < -0.3 is 14.7 Å². The topological polar surface area (TPSA) is 9.72 Å². The normalized spacial score (nSPS) is 12.0. The van der Waals surface area contributed by atoms with Crippen molar-refractivity contribution in [1.29, 1.82) is 0 Å². The van der Waals surface area contributed by atoms with Gasteiger partial charge in [-0.25, -0.2) is 0 Å². The summed E-state index contributed by atoms with van der Waals surface area (Å²) in [6.45, 7) is 14.2. The summed E-state index contributed by atoms with van der Waals surface area (Å²) >= 11 is 0. The van der Waals surface area contributed by atoms with Crippen LogP contribution in [0.25, 0.3) is 55.3 Å². The minimum absolute atomic E-state index is 0.0250. The molecule has 13 aromatic rings. The molecule has 0 atom stereocenters. The average Bonchev–Trinajstić information content (AvgIpc) is 0.755. The first kappa shape index (κ1) is 56.4. The van der Waals surface area contributed by atoms with Gasteiger partial charge in [0, 0.05) is 51.2 Å². The highest BCUT2D eigenvalue weighted by atomic mass is 15.2. The molecule has 0 saturated carbocycles. The van der Waals surface area contributed by atoms with E-state index in [2.05, 4.69) is 366 Å². The smallest absolute Gasteiger partial charge is 0.247 e. The van der Waals surface area contributed by atoms with Gasteiger partial charge in [-0.05, 0) is 198 Å². The van der Waals surface area contributed by atoms with Crippen LogP contribution in [0.1, 0.15) is 76.0 Å². The van der Waals surface area contributed by atoms with E-state index in [4.69, 9.17) is 0 Å². The lowest BCUT2D eigenvalue weighted by Gasteiger charge is -2.39. The fourth-order valence-electron chi connectivity index (χ4n) is 13.5. The standard InChI is InChI=1S/C85H72BN3/c1-58(2)69-54-79(59(3)4)85(80(55-69)60(5)6)86-81-52-42-67(63-36-46-73(47-37-63)87(70-26-13-8-14-27-70)71-28-15-9-16-29-71)56-83(81)89(72-30-17-10-18-31-72)84-57-68(43-53-82(84)86)64-38-48-75(49-39-64)88(74-44-34-62(35-45-74)61-22-11-7-12-23-61)76-50-40-66(41-51-76)78-33-21-25-65-24-19-20-32-77(65)78/h7-60H,1-6H3. The summed E-state index contributed by atoms with van der Waals surface area (Å²) in [5, 5.41) is 2.49. The van der Waals surface area contributed by atoms with Crippen molar-refractivity contribution in [2.45, 2.75) is 59.3 Å². The second-order valence-corrected chi connectivity index (χ2v) is 24.7. The molecule has 1 aliphatic rings. The van der Waals surface area contributed by atoms with Gasteiger partial charge in [0.05, 0.1) is 0 Å². The van der Waals surface area contributed by atoms with E-state index in [0.717, 1.165) is 56.5 Å². The Morgan fingerprint density at radius 3 is 1.10 bits per heavy atom. The molecule has 13 aromatic carbocycles. The van der Waals surface area contributed by atoms with Gasteiger partial charge >= 0.3 is 0 Å². The second-order valence-electron chi connectivity index (χ2n) is 24.7. The molecular formula is C85H72BN3. The van der Waals surface area contributed by atoms with E-state index < -0.39 is 0 Å². The minimum Gasteiger partial charge on any atom is -0.311 e. The Bertz CT molecular complexity index is 4530. The number of hydrogen-bond acceptors (Lipinski definition) is 3. The molecule has 430 valence electrons. The van der Waals surface area contributed by atoms with Crippen molar-refractivity contribution in [3.8, 4) is 44.5 Å². The Labute approximate surface area is 526 Å². The maximum Gasteiger partial charge on any atom is 0.247 e. The summed E-state index contributed by atoms with van der Waals surface area (Å²) < 4.78 is 0. The van der Waals surface area contributed by atoms with Gasteiger partial charge in [-0.3, -0.25) is 0 Å². The first-order valence-corrected chi connectivity index (χ1v) is 31.6. The lowest BCUT2D eigenvalue weighted by Crippen LogP contribution is -2.59. The lowest BCUT2D eigenvalue weighted by molar-refractivity contribution is 0.812. The van der Waals surface area contributed by atoms with E-state index >= 15 is 0 Å². The number of anilines is 9. The molecule has 14 rings (SSSR count). The predicted octanol–water partition coefficient (Wildman–Crippen LogP) is 22.1. The maximum atomic E-state index is 2.54. The highest BCUT2D eigenvalue weighted by molar-refractivity contribution is 6.98. The molecule has 0 bridgehead atoms. The van der Waals surface area contributed by atoms with Crippen LogP contribution in [0.15, 0.2) is 309 Å². The summed E-state index contributed by atoms with van der Waals surface area (Å²) in [5.41, 5.74) is 27.9.